The number of rotatable bonds is 12. The van der Waals surface area contributed by atoms with Crippen molar-refractivity contribution < 1.29 is 23.4 Å². The van der Waals surface area contributed by atoms with E-state index in [1.54, 1.807) is 19.1 Å². The van der Waals surface area contributed by atoms with Crippen LogP contribution in [0, 0.1) is 11.7 Å². The van der Waals surface area contributed by atoms with Crippen molar-refractivity contribution in [1.29, 1.82) is 0 Å². The SMILES string of the molecule is CCCCC(CC)CNC(=O)N(C)c1ccc(COc2cc(F)cc(C3(OC)CCOCC3)c2)cc1. The molecule has 6 nitrogen and oxygen atoms in total. The normalized spacial score (nSPS) is 15.8. The molecule has 0 aromatic heterocycles. The molecule has 7 heteroatoms. The lowest BCUT2D eigenvalue weighted by molar-refractivity contribution is -0.0950. The van der Waals surface area contributed by atoms with Crippen LogP contribution in [0.5, 0.6) is 5.75 Å². The highest BCUT2D eigenvalue weighted by atomic mass is 19.1. The fraction of sp³-hybridized carbons (Fsp3) is 0.552. The van der Waals surface area contributed by atoms with Crippen LogP contribution in [0.4, 0.5) is 14.9 Å². The van der Waals surface area contributed by atoms with Gasteiger partial charge in [-0.15, -0.1) is 0 Å². The molecule has 0 radical (unpaired) electrons. The van der Waals surface area contributed by atoms with Crippen molar-refractivity contribution in [3.63, 3.8) is 0 Å². The molecule has 1 aliphatic heterocycles. The number of unbranched alkanes of at least 4 members (excludes halogenated alkanes) is 1. The summed E-state index contributed by atoms with van der Waals surface area (Å²) in [7, 11) is 3.42. The third kappa shape index (κ3) is 7.43. The molecule has 2 aromatic carbocycles. The van der Waals surface area contributed by atoms with Gasteiger partial charge in [0.15, 0.2) is 0 Å². The molecule has 2 amide bonds. The van der Waals surface area contributed by atoms with Crippen molar-refractivity contribution in [2.45, 2.75) is 64.6 Å². The summed E-state index contributed by atoms with van der Waals surface area (Å²) in [5, 5.41) is 3.06. The summed E-state index contributed by atoms with van der Waals surface area (Å²) in [4.78, 5) is 14.2. The zero-order chi connectivity index (χ0) is 26.0. The van der Waals surface area contributed by atoms with Gasteiger partial charge in [0.2, 0.25) is 0 Å². The van der Waals surface area contributed by atoms with E-state index in [1.807, 2.05) is 30.3 Å². The predicted molar refractivity (Wildman–Crippen MR) is 141 cm³/mol. The number of amides is 2. The Kier molecular flexibility index (Phi) is 10.6. The number of carbonyl (C=O) groups is 1. The predicted octanol–water partition coefficient (Wildman–Crippen LogP) is 6.42. The molecule has 1 unspecified atom stereocenters. The molecule has 2 aromatic rings. The smallest absolute Gasteiger partial charge is 0.321 e. The Balaban J connectivity index is 1.57. The van der Waals surface area contributed by atoms with E-state index in [4.69, 9.17) is 14.2 Å². The van der Waals surface area contributed by atoms with Gasteiger partial charge < -0.3 is 19.5 Å². The quantitative estimate of drug-likeness (QED) is 0.365. The Morgan fingerprint density at radius 2 is 1.89 bits per heavy atom. The standard InChI is InChI=1S/C29H41FN2O4/c1-5-7-8-22(6-2)20-31-28(33)32(3)26-11-9-23(10-12-26)21-36-27-18-24(17-25(30)19-27)29(34-4)13-15-35-16-14-29/h9-12,17-19,22H,5-8,13-16,20-21H2,1-4H3,(H,31,33). The van der Waals surface area contributed by atoms with E-state index in [0.29, 0.717) is 44.3 Å². The van der Waals surface area contributed by atoms with Crippen LogP contribution in [0.1, 0.15) is 63.5 Å². The van der Waals surface area contributed by atoms with Crippen LogP contribution in [-0.2, 0) is 21.7 Å². The third-order valence-corrected chi connectivity index (χ3v) is 7.21. The maximum atomic E-state index is 14.4. The molecular formula is C29H41FN2O4. The van der Waals surface area contributed by atoms with Gasteiger partial charge in [-0.1, -0.05) is 45.2 Å². The van der Waals surface area contributed by atoms with Gasteiger partial charge in [0.05, 0.1) is 5.60 Å². The fourth-order valence-corrected chi connectivity index (χ4v) is 4.61. The van der Waals surface area contributed by atoms with Gasteiger partial charge in [-0.25, -0.2) is 9.18 Å². The summed E-state index contributed by atoms with van der Waals surface area (Å²) in [6.45, 7) is 6.50. The molecule has 0 bridgehead atoms. The summed E-state index contributed by atoms with van der Waals surface area (Å²) in [6, 6.07) is 12.3. The molecule has 198 valence electrons. The molecule has 3 rings (SSSR count). The number of benzene rings is 2. The average Bonchev–Trinajstić information content (AvgIpc) is 2.91. The average molecular weight is 501 g/mol. The number of nitrogens with zero attached hydrogens (tertiary/aromatic N) is 1. The van der Waals surface area contributed by atoms with Crippen molar-refractivity contribution in [3.8, 4) is 5.75 Å². The lowest BCUT2D eigenvalue weighted by Gasteiger charge is -2.36. The first kappa shape index (κ1) is 27.9. The molecule has 1 heterocycles. The van der Waals surface area contributed by atoms with Crippen molar-refractivity contribution in [3.05, 3.63) is 59.4 Å². The van der Waals surface area contributed by atoms with Gasteiger partial charge in [-0.2, -0.15) is 0 Å². The Hall–Kier alpha value is -2.64. The van der Waals surface area contributed by atoms with Crippen molar-refractivity contribution in [1.82, 2.24) is 5.32 Å². The van der Waals surface area contributed by atoms with Crippen LogP contribution in [-0.4, -0.2) is 39.9 Å². The molecule has 0 spiro atoms. The summed E-state index contributed by atoms with van der Waals surface area (Å²) >= 11 is 0. The first-order valence-corrected chi connectivity index (χ1v) is 13.1. The van der Waals surface area contributed by atoms with Gasteiger partial charge in [-0.05, 0) is 47.7 Å². The Labute approximate surface area is 215 Å². The number of methoxy groups -OCH3 is 1. The highest BCUT2D eigenvalue weighted by Gasteiger charge is 2.35. The minimum atomic E-state index is -0.557. The summed E-state index contributed by atoms with van der Waals surface area (Å²) < 4.78 is 31.6. The Morgan fingerprint density at radius 3 is 2.53 bits per heavy atom. The minimum Gasteiger partial charge on any atom is -0.489 e. The van der Waals surface area contributed by atoms with Crippen LogP contribution in [0.15, 0.2) is 42.5 Å². The summed E-state index contributed by atoms with van der Waals surface area (Å²) in [6.07, 6.45) is 5.91. The Bertz CT molecular complexity index is 960. The fourth-order valence-electron chi connectivity index (χ4n) is 4.61. The van der Waals surface area contributed by atoms with Gasteiger partial charge in [0.1, 0.15) is 18.2 Å². The molecule has 1 N–H and O–H groups in total. The number of anilines is 1. The number of halogens is 1. The minimum absolute atomic E-state index is 0.110. The lowest BCUT2D eigenvalue weighted by atomic mass is 9.86. The molecule has 1 saturated heterocycles. The van der Waals surface area contributed by atoms with E-state index in [1.165, 1.54) is 25.0 Å². The highest BCUT2D eigenvalue weighted by Crippen LogP contribution is 2.37. The molecule has 0 saturated carbocycles. The van der Waals surface area contributed by atoms with Crippen LogP contribution in [0.3, 0.4) is 0 Å². The molecule has 0 aliphatic carbocycles. The third-order valence-electron chi connectivity index (χ3n) is 7.21. The topological polar surface area (TPSA) is 60.0 Å². The number of hydrogen-bond donors (Lipinski definition) is 1. The maximum Gasteiger partial charge on any atom is 0.321 e. The largest absolute Gasteiger partial charge is 0.489 e. The Morgan fingerprint density at radius 1 is 1.17 bits per heavy atom. The second kappa shape index (κ2) is 13.6. The van der Waals surface area contributed by atoms with Gasteiger partial charge in [0, 0.05) is 58.5 Å². The van der Waals surface area contributed by atoms with Crippen LogP contribution < -0.4 is 15.0 Å². The second-order valence-corrected chi connectivity index (χ2v) is 9.60. The molecular weight excluding hydrogens is 459 g/mol. The maximum absolute atomic E-state index is 14.4. The van der Waals surface area contributed by atoms with E-state index in [9.17, 15) is 9.18 Å². The van der Waals surface area contributed by atoms with E-state index < -0.39 is 5.60 Å². The van der Waals surface area contributed by atoms with E-state index in [2.05, 4.69) is 19.2 Å². The molecule has 1 atom stereocenters. The number of ether oxygens (including phenoxy) is 3. The van der Waals surface area contributed by atoms with Crippen molar-refractivity contribution >= 4 is 11.7 Å². The molecule has 36 heavy (non-hydrogen) atoms. The monoisotopic (exact) mass is 500 g/mol. The van der Waals surface area contributed by atoms with Crippen molar-refractivity contribution in [2.24, 2.45) is 5.92 Å². The van der Waals surface area contributed by atoms with E-state index in [0.717, 1.165) is 29.7 Å². The summed E-state index contributed by atoms with van der Waals surface area (Å²) in [5.74, 6) is 0.617. The second-order valence-electron chi connectivity index (χ2n) is 9.60. The van der Waals surface area contributed by atoms with Crippen LogP contribution in [0.25, 0.3) is 0 Å². The molecule has 1 fully saturated rings. The van der Waals surface area contributed by atoms with E-state index >= 15 is 0 Å². The lowest BCUT2D eigenvalue weighted by Crippen LogP contribution is -2.39. The van der Waals surface area contributed by atoms with Crippen LogP contribution >= 0.6 is 0 Å². The molecule has 1 aliphatic rings. The van der Waals surface area contributed by atoms with Crippen molar-refractivity contribution in [2.75, 3.05) is 38.8 Å². The summed E-state index contributed by atoms with van der Waals surface area (Å²) in [5.41, 5.74) is 1.94. The first-order chi connectivity index (χ1) is 17.4. The number of nitrogens with one attached hydrogen (secondary N) is 1. The number of hydrogen-bond acceptors (Lipinski definition) is 4. The first-order valence-electron chi connectivity index (χ1n) is 13.1. The number of urea groups is 1. The highest BCUT2D eigenvalue weighted by molar-refractivity contribution is 5.91. The van der Waals surface area contributed by atoms with Crippen LogP contribution in [0.2, 0.25) is 0 Å². The van der Waals surface area contributed by atoms with Gasteiger partial charge in [-0.3, -0.25) is 4.90 Å². The zero-order valence-corrected chi connectivity index (χ0v) is 22.1. The van der Waals surface area contributed by atoms with Gasteiger partial charge >= 0.3 is 6.03 Å². The number of carbonyl (C=O) groups excluding carboxylic acids is 1. The zero-order valence-electron chi connectivity index (χ0n) is 22.1. The van der Waals surface area contributed by atoms with Gasteiger partial charge in [0.25, 0.3) is 0 Å². The van der Waals surface area contributed by atoms with E-state index in [-0.39, 0.29) is 18.5 Å².